The molecule has 25 heavy (non-hydrogen) atoms. The van der Waals surface area contributed by atoms with E-state index in [1.54, 1.807) is 8.61 Å². The molecular formula is C20H42N2O2S. The van der Waals surface area contributed by atoms with Crippen molar-refractivity contribution in [2.24, 2.45) is 22.7 Å². The van der Waals surface area contributed by atoms with Crippen LogP contribution in [0.2, 0.25) is 0 Å². The molecule has 0 bridgehead atoms. The van der Waals surface area contributed by atoms with Crippen molar-refractivity contribution in [3.8, 4) is 0 Å². The molecular weight excluding hydrogens is 332 g/mol. The second kappa shape index (κ2) is 8.71. The van der Waals surface area contributed by atoms with Crippen molar-refractivity contribution >= 4 is 10.2 Å². The van der Waals surface area contributed by atoms with Crippen LogP contribution in [0.5, 0.6) is 0 Å². The van der Waals surface area contributed by atoms with E-state index in [4.69, 9.17) is 0 Å². The van der Waals surface area contributed by atoms with Crippen LogP contribution in [0, 0.1) is 22.7 Å². The van der Waals surface area contributed by atoms with Gasteiger partial charge in [0.15, 0.2) is 0 Å². The minimum Gasteiger partial charge on any atom is -0.195 e. The van der Waals surface area contributed by atoms with E-state index in [0.29, 0.717) is 48.8 Å². The maximum Gasteiger partial charge on any atom is 0.282 e. The highest BCUT2D eigenvalue weighted by Gasteiger charge is 2.36. The molecule has 5 heteroatoms. The highest BCUT2D eigenvalue weighted by molar-refractivity contribution is 7.87. The van der Waals surface area contributed by atoms with Crippen LogP contribution in [-0.2, 0) is 10.2 Å². The largest absolute Gasteiger partial charge is 0.282 e. The van der Waals surface area contributed by atoms with Crippen LogP contribution < -0.4 is 0 Å². The van der Waals surface area contributed by atoms with Gasteiger partial charge >= 0.3 is 0 Å². The molecule has 0 N–H and O–H groups in total. The summed E-state index contributed by atoms with van der Waals surface area (Å²) in [5.41, 5.74) is 0.608. The molecule has 1 saturated heterocycles. The fourth-order valence-electron chi connectivity index (χ4n) is 4.10. The third-order valence-corrected chi connectivity index (χ3v) is 6.95. The minimum atomic E-state index is -3.24. The molecule has 2 atom stereocenters. The lowest BCUT2D eigenvalue weighted by molar-refractivity contribution is 0.282. The summed E-state index contributed by atoms with van der Waals surface area (Å²) in [6, 6.07) is 0. The van der Waals surface area contributed by atoms with Crippen molar-refractivity contribution in [1.29, 1.82) is 0 Å². The van der Waals surface area contributed by atoms with Gasteiger partial charge in [-0.3, -0.25) is 0 Å². The third-order valence-electron chi connectivity index (χ3n) is 4.92. The van der Waals surface area contributed by atoms with Gasteiger partial charge in [0.2, 0.25) is 0 Å². The Morgan fingerprint density at radius 1 is 0.760 bits per heavy atom. The van der Waals surface area contributed by atoms with Crippen LogP contribution in [0.3, 0.4) is 0 Å². The first-order valence-corrected chi connectivity index (χ1v) is 11.4. The van der Waals surface area contributed by atoms with E-state index in [1.165, 1.54) is 0 Å². The minimum absolute atomic E-state index is 0.304. The molecule has 0 aromatic rings. The summed E-state index contributed by atoms with van der Waals surface area (Å²) < 4.78 is 28.9. The first kappa shape index (κ1) is 22.9. The lowest BCUT2D eigenvalue weighted by Crippen LogP contribution is -2.35. The molecule has 0 aliphatic carbocycles. The summed E-state index contributed by atoms with van der Waals surface area (Å²) in [6.45, 7) is 20.6. The van der Waals surface area contributed by atoms with Crippen molar-refractivity contribution in [2.45, 2.75) is 81.1 Å². The Morgan fingerprint density at radius 2 is 1.08 bits per heavy atom. The van der Waals surface area contributed by atoms with Gasteiger partial charge in [-0.25, -0.2) is 0 Å². The fourth-order valence-corrected chi connectivity index (χ4v) is 5.72. The molecule has 4 nitrogen and oxygen atoms in total. The van der Waals surface area contributed by atoms with Crippen LogP contribution in [0.15, 0.2) is 0 Å². The molecule has 0 spiro atoms. The zero-order valence-corrected chi connectivity index (χ0v) is 18.7. The van der Waals surface area contributed by atoms with Crippen molar-refractivity contribution in [2.75, 3.05) is 26.2 Å². The van der Waals surface area contributed by atoms with Gasteiger partial charge in [-0.15, -0.1) is 0 Å². The van der Waals surface area contributed by atoms with Gasteiger partial charge in [-0.2, -0.15) is 17.0 Å². The molecule has 1 aliphatic heterocycles. The Morgan fingerprint density at radius 3 is 1.36 bits per heavy atom. The number of nitrogens with zero attached hydrogens (tertiary/aromatic N) is 2. The topological polar surface area (TPSA) is 40.6 Å². The summed E-state index contributed by atoms with van der Waals surface area (Å²) in [5, 5.41) is 0. The smallest absolute Gasteiger partial charge is 0.195 e. The maximum absolute atomic E-state index is 12.7. The fraction of sp³-hybridized carbons (Fsp3) is 1.00. The predicted molar refractivity (Wildman–Crippen MR) is 108 cm³/mol. The van der Waals surface area contributed by atoms with Crippen molar-refractivity contribution in [3.05, 3.63) is 0 Å². The molecule has 0 amide bonds. The van der Waals surface area contributed by atoms with E-state index in [0.717, 1.165) is 25.7 Å². The van der Waals surface area contributed by atoms with Gasteiger partial charge in [0.1, 0.15) is 0 Å². The highest BCUT2D eigenvalue weighted by Crippen LogP contribution is 2.29. The Labute approximate surface area is 157 Å². The first-order chi connectivity index (χ1) is 11.2. The van der Waals surface area contributed by atoms with Crippen LogP contribution in [-0.4, -0.2) is 43.2 Å². The van der Waals surface area contributed by atoms with Gasteiger partial charge in [0.25, 0.3) is 10.2 Å². The molecule has 0 saturated carbocycles. The molecule has 1 aliphatic rings. The van der Waals surface area contributed by atoms with Crippen LogP contribution in [0.1, 0.15) is 81.1 Å². The van der Waals surface area contributed by atoms with Crippen molar-refractivity contribution < 1.29 is 8.42 Å². The van der Waals surface area contributed by atoms with E-state index in [1.807, 2.05) is 0 Å². The summed E-state index contributed by atoms with van der Waals surface area (Å²) >= 11 is 0. The van der Waals surface area contributed by atoms with Gasteiger partial charge in [-0.1, -0.05) is 55.4 Å². The highest BCUT2D eigenvalue weighted by atomic mass is 32.2. The summed E-state index contributed by atoms with van der Waals surface area (Å²) in [5.74, 6) is 1.10. The number of hydrogen-bond acceptors (Lipinski definition) is 2. The normalized spacial score (nSPS) is 22.2. The van der Waals surface area contributed by atoms with E-state index in [2.05, 4.69) is 55.4 Å². The SMILES string of the molecule is CC(CCN1CCN(CCC(C)CC(C)(C)C)S1(=O)=O)CC(C)(C)C. The quantitative estimate of drug-likeness (QED) is 0.614. The standard InChI is InChI=1S/C20H42N2O2S/c1-17(15-19(3,4)5)9-11-21-13-14-22(25(21,23)24)12-10-18(2)16-20(6,7)8/h17-18H,9-16H2,1-8H3. The predicted octanol–water partition coefficient (Wildman–Crippen LogP) is 4.77. The summed E-state index contributed by atoms with van der Waals surface area (Å²) in [7, 11) is -3.24. The van der Waals surface area contributed by atoms with Crippen LogP contribution in [0.25, 0.3) is 0 Å². The molecule has 1 fully saturated rings. The van der Waals surface area contributed by atoms with Crippen LogP contribution >= 0.6 is 0 Å². The van der Waals surface area contributed by atoms with Gasteiger partial charge < -0.3 is 0 Å². The van der Waals surface area contributed by atoms with E-state index in [-0.39, 0.29) is 0 Å². The molecule has 2 unspecified atom stereocenters. The molecule has 1 heterocycles. The summed E-state index contributed by atoms with van der Waals surface area (Å²) in [6.07, 6.45) is 4.17. The Bertz CT molecular complexity index is 463. The van der Waals surface area contributed by atoms with Crippen molar-refractivity contribution in [3.63, 3.8) is 0 Å². The van der Waals surface area contributed by atoms with E-state index in [9.17, 15) is 8.42 Å². The molecule has 1 rings (SSSR count). The molecule has 0 aromatic heterocycles. The third kappa shape index (κ3) is 8.40. The Hall–Kier alpha value is -0.130. The zero-order valence-electron chi connectivity index (χ0n) is 17.9. The lowest BCUT2D eigenvalue weighted by atomic mass is 9.84. The average molecular weight is 375 g/mol. The number of rotatable bonds is 8. The second-order valence-corrected chi connectivity index (χ2v) is 12.6. The maximum atomic E-state index is 12.7. The van der Waals surface area contributed by atoms with Crippen molar-refractivity contribution in [1.82, 2.24) is 8.61 Å². The van der Waals surface area contributed by atoms with Gasteiger partial charge in [0, 0.05) is 26.2 Å². The average Bonchev–Trinajstić information content (AvgIpc) is 2.64. The monoisotopic (exact) mass is 374 g/mol. The van der Waals surface area contributed by atoms with Gasteiger partial charge in [-0.05, 0) is 48.3 Å². The van der Waals surface area contributed by atoms with E-state index < -0.39 is 10.2 Å². The zero-order chi connectivity index (χ0) is 19.5. The molecule has 0 radical (unpaired) electrons. The van der Waals surface area contributed by atoms with Gasteiger partial charge in [0.05, 0.1) is 0 Å². The molecule has 150 valence electrons. The number of hydrogen-bond donors (Lipinski definition) is 0. The summed E-state index contributed by atoms with van der Waals surface area (Å²) in [4.78, 5) is 0. The lowest BCUT2D eigenvalue weighted by Gasteiger charge is -2.26. The first-order valence-electron chi connectivity index (χ1n) is 9.96. The Balaban J connectivity index is 2.47. The Kier molecular flexibility index (Phi) is 7.98. The van der Waals surface area contributed by atoms with E-state index >= 15 is 0 Å². The molecule has 0 aromatic carbocycles. The van der Waals surface area contributed by atoms with Crippen LogP contribution in [0.4, 0.5) is 0 Å². The second-order valence-electron chi connectivity index (χ2n) is 10.6.